The van der Waals surface area contributed by atoms with E-state index in [-0.39, 0.29) is 6.73 Å². The number of para-hydroxylation sites is 1. The van der Waals surface area contributed by atoms with Crippen LogP contribution in [0.5, 0.6) is 5.95 Å². The molecule has 0 saturated heterocycles. The summed E-state index contributed by atoms with van der Waals surface area (Å²) in [5.41, 5.74) is 12.2. The van der Waals surface area contributed by atoms with E-state index >= 15 is 0 Å². The largest absolute Gasteiger partial charge is 0.448 e. The molecule has 0 atom stereocenters. The molecule has 0 amide bonds. The number of fused-ring (bicyclic) bond motifs is 1. The fourth-order valence-electron chi connectivity index (χ4n) is 1.23. The van der Waals surface area contributed by atoms with Gasteiger partial charge in [-0.05, 0) is 12.1 Å². The van der Waals surface area contributed by atoms with Gasteiger partial charge in [0.05, 0.1) is 0 Å². The van der Waals surface area contributed by atoms with Crippen LogP contribution in [-0.4, -0.2) is 6.73 Å². The minimum absolute atomic E-state index is 0.0595. The highest BCUT2D eigenvalue weighted by Crippen LogP contribution is 2.33. The van der Waals surface area contributed by atoms with Crippen LogP contribution in [0.1, 0.15) is 0 Å². The van der Waals surface area contributed by atoms with Gasteiger partial charge in [-0.3, -0.25) is 5.73 Å². The maximum Gasteiger partial charge on any atom is 0.311 e. The normalized spacial score (nSPS) is 10.5. The summed E-state index contributed by atoms with van der Waals surface area (Å²) in [4.78, 5) is 0. The van der Waals surface area contributed by atoms with Gasteiger partial charge in [0.15, 0.2) is 0 Å². The summed E-state index contributed by atoms with van der Waals surface area (Å²) in [7, 11) is 0. The predicted molar refractivity (Wildman–Crippen MR) is 50.3 cm³/mol. The van der Waals surface area contributed by atoms with Crippen molar-refractivity contribution in [1.29, 1.82) is 0 Å². The molecule has 1 aromatic carbocycles. The van der Waals surface area contributed by atoms with E-state index in [1.54, 1.807) is 0 Å². The molecule has 0 aliphatic rings. The minimum Gasteiger partial charge on any atom is -0.448 e. The van der Waals surface area contributed by atoms with Crippen LogP contribution in [0.15, 0.2) is 28.7 Å². The van der Waals surface area contributed by atoms with Gasteiger partial charge in [0.1, 0.15) is 18.0 Å². The van der Waals surface area contributed by atoms with Crippen LogP contribution in [0.4, 0.5) is 5.69 Å². The standard InChI is InChI=1S/C9H10N2O2/c10-5-12-9-8(11)6-3-1-2-4-7(6)13-9/h1-4H,5,10-11H2. The Bertz CT molecular complexity index is 422. The molecule has 68 valence electrons. The molecule has 0 spiro atoms. The molecule has 13 heavy (non-hydrogen) atoms. The Morgan fingerprint density at radius 2 is 2.08 bits per heavy atom. The fourth-order valence-corrected chi connectivity index (χ4v) is 1.23. The lowest BCUT2D eigenvalue weighted by Gasteiger charge is -1.96. The Morgan fingerprint density at radius 1 is 1.31 bits per heavy atom. The molecule has 2 rings (SSSR count). The zero-order valence-electron chi connectivity index (χ0n) is 6.99. The van der Waals surface area contributed by atoms with E-state index in [4.69, 9.17) is 20.6 Å². The van der Waals surface area contributed by atoms with E-state index in [0.29, 0.717) is 17.2 Å². The number of ether oxygens (including phenoxy) is 1. The van der Waals surface area contributed by atoms with Crippen LogP contribution in [-0.2, 0) is 0 Å². The van der Waals surface area contributed by atoms with Gasteiger partial charge in [-0.25, -0.2) is 0 Å². The number of benzene rings is 1. The summed E-state index contributed by atoms with van der Waals surface area (Å²) >= 11 is 0. The Balaban J connectivity index is 2.60. The predicted octanol–water partition coefficient (Wildman–Crippen LogP) is 1.31. The second-order valence-electron chi connectivity index (χ2n) is 2.61. The topological polar surface area (TPSA) is 74.4 Å². The van der Waals surface area contributed by atoms with E-state index in [9.17, 15) is 0 Å². The number of nitrogens with two attached hydrogens (primary N) is 2. The molecule has 4 heteroatoms. The quantitative estimate of drug-likeness (QED) is 0.680. The minimum atomic E-state index is 0.0595. The third-order valence-electron chi connectivity index (χ3n) is 1.81. The van der Waals surface area contributed by atoms with Crippen molar-refractivity contribution in [1.82, 2.24) is 0 Å². The third kappa shape index (κ3) is 1.21. The molecule has 0 aliphatic carbocycles. The van der Waals surface area contributed by atoms with Gasteiger partial charge in [-0.15, -0.1) is 0 Å². The smallest absolute Gasteiger partial charge is 0.311 e. The van der Waals surface area contributed by atoms with Crippen LogP contribution in [0.2, 0.25) is 0 Å². The molecule has 0 aliphatic heterocycles. The molecule has 0 radical (unpaired) electrons. The molecule has 0 unspecified atom stereocenters. The van der Waals surface area contributed by atoms with Gasteiger partial charge in [0, 0.05) is 5.39 Å². The second kappa shape index (κ2) is 2.99. The van der Waals surface area contributed by atoms with Crippen molar-refractivity contribution in [3.05, 3.63) is 24.3 Å². The first-order valence-corrected chi connectivity index (χ1v) is 3.93. The second-order valence-corrected chi connectivity index (χ2v) is 2.61. The van der Waals surface area contributed by atoms with Crippen molar-refractivity contribution < 1.29 is 9.15 Å². The van der Waals surface area contributed by atoms with E-state index in [0.717, 1.165) is 5.39 Å². The highest BCUT2D eigenvalue weighted by atomic mass is 16.6. The van der Waals surface area contributed by atoms with Gasteiger partial charge in [0.25, 0.3) is 0 Å². The van der Waals surface area contributed by atoms with Crippen molar-refractivity contribution in [2.75, 3.05) is 12.5 Å². The van der Waals surface area contributed by atoms with Crippen LogP contribution in [0, 0.1) is 0 Å². The molecular formula is C9H10N2O2. The van der Waals surface area contributed by atoms with E-state index in [2.05, 4.69) is 0 Å². The molecule has 0 fully saturated rings. The average Bonchev–Trinajstić information content (AvgIpc) is 2.46. The Labute approximate surface area is 75.1 Å². The molecular weight excluding hydrogens is 168 g/mol. The number of furan rings is 1. The molecule has 0 bridgehead atoms. The zero-order chi connectivity index (χ0) is 9.26. The Kier molecular flexibility index (Phi) is 1.83. The third-order valence-corrected chi connectivity index (χ3v) is 1.81. The summed E-state index contributed by atoms with van der Waals surface area (Å²) < 4.78 is 10.3. The lowest BCUT2D eigenvalue weighted by molar-refractivity contribution is 0.260. The number of anilines is 1. The summed E-state index contributed by atoms with van der Waals surface area (Å²) in [6, 6.07) is 7.46. The van der Waals surface area contributed by atoms with E-state index < -0.39 is 0 Å². The highest BCUT2D eigenvalue weighted by molar-refractivity contribution is 5.92. The average molecular weight is 178 g/mol. The Hall–Kier alpha value is -1.68. The van der Waals surface area contributed by atoms with Crippen LogP contribution in [0.3, 0.4) is 0 Å². The van der Waals surface area contributed by atoms with Gasteiger partial charge in [0.2, 0.25) is 0 Å². The van der Waals surface area contributed by atoms with Crippen molar-refractivity contribution in [3.8, 4) is 5.95 Å². The first-order valence-electron chi connectivity index (χ1n) is 3.93. The molecule has 1 aromatic heterocycles. The number of hydrogen-bond donors (Lipinski definition) is 2. The highest BCUT2D eigenvalue weighted by Gasteiger charge is 2.10. The van der Waals surface area contributed by atoms with Gasteiger partial charge < -0.3 is 14.9 Å². The first-order chi connectivity index (χ1) is 6.33. The van der Waals surface area contributed by atoms with Crippen molar-refractivity contribution >= 4 is 16.7 Å². The monoisotopic (exact) mass is 178 g/mol. The van der Waals surface area contributed by atoms with Gasteiger partial charge >= 0.3 is 5.95 Å². The molecule has 1 heterocycles. The van der Waals surface area contributed by atoms with Gasteiger partial charge in [-0.1, -0.05) is 12.1 Å². The Morgan fingerprint density at radius 3 is 2.77 bits per heavy atom. The summed E-state index contributed by atoms with van der Waals surface area (Å²) in [5, 5.41) is 0.853. The fraction of sp³-hybridized carbons (Fsp3) is 0.111. The number of nitrogen functional groups attached to an aromatic ring is 1. The van der Waals surface area contributed by atoms with Gasteiger partial charge in [-0.2, -0.15) is 0 Å². The van der Waals surface area contributed by atoms with E-state index in [1.807, 2.05) is 24.3 Å². The van der Waals surface area contributed by atoms with Crippen molar-refractivity contribution in [2.24, 2.45) is 5.73 Å². The first kappa shape index (κ1) is 7.94. The SMILES string of the molecule is NCOc1oc2ccccc2c1N. The lowest BCUT2D eigenvalue weighted by atomic mass is 10.2. The lowest BCUT2D eigenvalue weighted by Crippen LogP contribution is -2.07. The summed E-state index contributed by atoms with van der Waals surface area (Å²) in [5.74, 6) is 0.295. The molecule has 4 N–H and O–H groups in total. The van der Waals surface area contributed by atoms with Crippen molar-refractivity contribution in [2.45, 2.75) is 0 Å². The van der Waals surface area contributed by atoms with Crippen LogP contribution in [0.25, 0.3) is 11.0 Å². The van der Waals surface area contributed by atoms with Crippen LogP contribution >= 0.6 is 0 Å². The summed E-state index contributed by atoms with van der Waals surface area (Å²) in [6.45, 7) is 0.0595. The summed E-state index contributed by atoms with van der Waals surface area (Å²) in [6.07, 6.45) is 0. The molecule has 4 nitrogen and oxygen atoms in total. The van der Waals surface area contributed by atoms with Crippen molar-refractivity contribution in [3.63, 3.8) is 0 Å². The zero-order valence-corrected chi connectivity index (χ0v) is 6.99. The molecule has 2 aromatic rings. The number of rotatable bonds is 2. The maximum absolute atomic E-state index is 5.75. The number of hydrogen-bond acceptors (Lipinski definition) is 4. The van der Waals surface area contributed by atoms with E-state index in [1.165, 1.54) is 0 Å². The molecule has 0 saturated carbocycles. The van der Waals surface area contributed by atoms with Crippen LogP contribution < -0.4 is 16.2 Å². The maximum atomic E-state index is 5.75.